The molecule has 1 aromatic heterocycles. The minimum atomic E-state index is 0.0240. The molecule has 0 spiro atoms. The molecule has 0 radical (unpaired) electrons. The summed E-state index contributed by atoms with van der Waals surface area (Å²) < 4.78 is 2.41. The number of benzene rings is 2. The Labute approximate surface area is 182 Å². The van der Waals surface area contributed by atoms with Crippen LogP contribution in [0.3, 0.4) is 0 Å². The summed E-state index contributed by atoms with van der Waals surface area (Å²) in [6.07, 6.45) is 2.22. The molecule has 0 atom stereocenters. The molecule has 3 rings (SSSR count). The third kappa shape index (κ3) is 5.79. The van der Waals surface area contributed by atoms with Crippen molar-refractivity contribution in [2.45, 2.75) is 32.7 Å². The van der Waals surface area contributed by atoms with Gasteiger partial charge in [0.2, 0.25) is 5.91 Å². The molecule has 0 aliphatic heterocycles. The molecule has 3 aromatic rings. The minimum Gasteiger partial charge on any atom is -0.378 e. The smallest absolute Gasteiger partial charge is 0.221 e. The average Bonchev–Trinajstić information content (AvgIpc) is 3.11. The van der Waals surface area contributed by atoms with Gasteiger partial charge in [-0.25, -0.2) is 0 Å². The Morgan fingerprint density at radius 1 is 1.13 bits per heavy atom. The molecular weight excluding hydrogens is 394 g/mol. The lowest BCUT2D eigenvalue weighted by Crippen LogP contribution is -2.25. The van der Waals surface area contributed by atoms with E-state index in [9.17, 15) is 4.79 Å². The van der Waals surface area contributed by atoms with Gasteiger partial charge in [0.1, 0.15) is 0 Å². The minimum absolute atomic E-state index is 0.0240. The third-order valence-electron chi connectivity index (χ3n) is 5.05. The Kier molecular flexibility index (Phi) is 7.41. The summed E-state index contributed by atoms with van der Waals surface area (Å²) in [4.78, 5) is 14.4. The molecule has 2 aromatic carbocycles. The summed E-state index contributed by atoms with van der Waals surface area (Å²) in [5, 5.41) is 10.2. The average molecular weight is 424 g/mol. The summed E-state index contributed by atoms with van der Waals surface area (Å²) in [7, 11) is 4.07. The number of carbonyl (C=O) groups is 1. The maximum absolute atomic E-state index is 12.3. The van der Waals surface area contributed by atoms with Crippen molar-refractivity contribution in [2.75, 3.05) is 25.5 Å². The van der Waals surface area contributed by atoms with Crippen LogP contribution in [-0.2, 0) is 17.8 Å². The molecule has 0 saturated heterocycles. The largest absolute Gasteiger partial charge is 0.378 e. The highest BCUT2D eigenvalue weighted by atomic mass is 32.1. The van der Waals surface area contributed by atoms with Gasteiger partial charge in [0.15, 0.2) is 10.6 Å². The molecular formula is C23H29N5OS. The van der Waals surface area contributed by atoms with Crippen molar-refractivity contribution in [1.29, 1.82) is 0 Å². The standard InChI is InChI=1S/C23H29N5OS/c1-17-6-10-19(11-7-17)22-25-26-23(30)28(22)16-14-21(29)24-15-4-5-18-8-12-20(13-9-18)27(2)3/h6-13H,4-5,14-16H2,1-3H3,(H,24,29)(H,26,30). The SMILES string of the molecule is Cc1ccc(-c2n[nH]c(=S)n2CCC(=O)NCCCc2ccc(N(C)C)cc2)cc1. The van der Waals surface area contributed by atoms with Gasteiger partial charge in [0.05, 0.1) is 0 Å². The topological polar surface area (TPSA) is 66.0 Å². The number of amides is 1. The van der Waals surface area contributed by atoms with Crippen LogP contribution in [0.2, 0.25) is 0 Å². The van der Waals surface area contributed by atoms with Gasteiger partial charge in [-0.3, -0.25) is 14.5 Å². The second kappa shape index (κ2) is 10.2. The zero-order valence-corrected chi connectivity index (χ0v) is 18.6. The van der Waals surface area contributed by atoms with Crippen LogP contribution in [0.15, 0.2) is 48.5 Å². The zero-order valence-electron chi connectivity index (χ0n) is 17.8. The Balaban J connectivity index is 1.45. The van der Waals surface area contributed by atoms with Gasteiger partial charge >= 0.3 is 0 Å². The molecule has 1 amide bonds. The zero-order chi connectivity index (χ0) is 21.5. The van der Waals surface area contributed by atoms with E-state index in [4.69, 9.17) is 12.2 Å². The second-order valence-electron chi connectivity index (χ2n) is 7.63. The number of aromatic amines is 1. The van der Waals surface area contributed by atoms with E-state index < -0.39 is 0 Å². The maximum Gasteiger partial charge on any atom is 0.221 e. The monoisotopic (exact) mass is 423 g/mol. The number of anilines is 1. The lowest BCUT2D eigenvalue weighted by molar-refractivity contribution is -0.121. The molecule has 0 saturated carbocycles. The molecule has 2 N–H and O–H groups in total. The second-order valence-corrected chi connectivity index (χ2v) is 8.02. The first-order chi connectivity index (χ1) is 14.4. The van der Waals surface area contributed by atoms with Crippen LogP contribution in [0.1, 0.15) is 24.0 Å². The first kappa shape index (κ1) is 21.8. The van der Waals surface area contributed by atoms with E-state index in [1.807, 2.05) is 49.9 Å². The number of nitrogens with zero attached hydrogens (tertiary/aromatic N) is 3. The first-order valence-corrected chi connectivity index (χ1v) is 10.6. The van der Waals surface area contributed by atoms with Crippen LogP contribution < -0.4 is 10.2 Å². The first-order valence-electron chi connectivity index (χ1n) is 10.2. The summed E-state index contributed by atoms with van der Waals surface area (Å²) >= 11 is 5.35. The van der Waals surface area contributed by atoms with E-state index in [-0.39, 0.29) is 5.91 Å². The van der Waals surface area contributed by atoms with Gasteiger partial charge < -0.3 is 10.2 Å². The molecule has 0 aliphatic rings. The van der Waals surface area contributed by atoms with Crippen LogP contribution in [0.5, 0.6) is 0 Å². The van der Waals surface area contributed by atoms with Crippen LogP contribution in [0.4, 0.5) is 5.69 Å². The van der Waals surface area contributed by atoms with E-state index in [1.165, 1.54) is 16.8 Å². The maximum atomic E-state index is 12.3. The van der Waals surface area contributed by atoms with Crippen molar-refractivity contribution in [2.24, 2.45) is 0 Å². The fourth-order valence-corrected chi connectivity index (χ4v) is 3.45. The summed E-state index contributed by atoms with van der Waals surface area (Å²) in [6.45, 7) is 3.20. The number of hydrogen-bond donors (Lipinski definition) is 2. The van der Waals surface area contributed by atoms with Crippen LogP contribution in [0, 0.1) is 11.7 Å². The van der Waals surface area contributed by atoms with Crippen molar-refractivity contribution in [3.63, 3.8) is 0 Å². The Morgan fingerprint density at radius 2 is 1.83 bits per heavy atom. The number of aryl methyl sites for hydroxylation is 2. The van der Waals surface area contributed by atoms with Gasteiger partial charge in [0, 0.05) is 44.9 Å². The highest BCUT2D eigenvalue weighted by Crippen LogP contribution is 2.18. The molecule has 158 valence electrons. The van der Waals surface area contributed by atoms with Gasteiger partial charge in [0.25, 0.3) is 0 Å². The number of nitrogens with one attached hydrogen (secondary N) is 2. The van der Waals surface area contributed by atoms with Crippen LogP contribution in [0.25, 0.3) is 11.4 Å². The molecule has 0 aliphatic carbocycles. The van der Waals surface area contributed by atoms with E-state index >= 15 is 0 Å². The van der Waals surface area contributed by atoms with Crippen LogP contribution in [-0.4, -0.2) is 41.3 Å². The summed E-state index contributed by atoms with van der Waals surface area (Å²) in [6, 6.07) is 16.6. The highest BCUT2D eigenvalue weighted by molar-refractivity contribution is 7.71. The molecule has 7 heteroatoms. The molecule has 30 heavy (non-hydrogen) atoms. The predicted octanol–water partition coefficient (Wildman–Crippen LogP) is 4.12. The van der Waals surface area contributed by atoms with Gasteiger partial charge in [-0.2, -0.15) is 5.10 Å². The van der Waals surface area contributed by atoms with Crippen LogP contribution >= 0.6 is 12.2 Å². The van der Waals surface area contributed by atoms with Crippen molar-refractivity contribution in [3.05, 3.63) is 64.4 Å². The van der Waals surface area contributed by atoms with Gasteiger partial charge in [-0.1, -0.05) is 42.0 Å². The van der Waals surface area contributed by atoms with E-state index in [0.29, 0.717) is 24.3 Å². The van der Waals surface area contributed by atoms with Crippen molar-refractivity contribution in [3.8, 4) is 11.4 Å². The van der Waals surface area contributed by atoms with Crippen molar-refractivity contribution in [1.82, 2.24) is 20.1 Å². The third-order valence-corrected chi connectivity index (χ3v) is 5.36. The van der Waals surface area contributed by atoms with Crippen molar-refractivity contribution >= 4 is 23.8 Å². The number of carbonyl (C=O) groups excluding carboxylic acids is 1. The number of H-pyrrole nitrogens is 1. The fraction of sp³-hybridized carbons (Fsp3) is 0.348. The predicted molar refractivity (Wildman–Crippen MR) is 124 cm³/mol. The molecule has 0 bridgehead atoms. The fourth-order valence-electron chi connectivity index (χ4n) is 3.23. The molecule has 1 heterocycles. The van der Waals surface area contributed by atoms with E-state index in [0.717, 1.165) is 24.2 Å². The number of rotatable bonds is 9. The van der Waals surface area contributed by atoms with Crippen molar-refractivity contribution < 1.29 is 4.79 Å². The van der Waals surface area contributed by atoms with E-state index in [2.05, 4.69) is 44.7 Å². The molecule has 0 unspecified atom stereocenters. The number of hydrogen-bond acceptors (Lipinski definition) is 4. The lowest BCUT2D eigenvalue weighted by Gasteiger charge is -2.12. The van der Waals surface area contributed by atoms with E-state index in [1.54, 1.807) is 0 Å². The molecule has 0 fully saturated rings. The number of aromatic nitrogens is 3. The Morgan fingerprint density at radius 3 is 2.50 bits per heavy atom. The van der Waals surface area contributed by atoms with Gasteiger partial charge in [-0.05, 0) is 49.7 Å². The normalized spacial score (nSPS) is 10.8. The lowest BCUT2D eigenvalue weighted by atomic mass is 10.1. The summed E-state index contributed by atoms with van der Waals surface area (Å²) in [5.41, 5.74) is 4.64. The Hall–Kier alpha value is -2.93. The quantitative estimate of drug-likeness (QED) is 0.401. The summed E-state index contributed by atoms with van der Waals surface area (Å²) in [5.74, 6) is 0.782. The van der Waals surface area contributed by atoms with Gasteiger partial charge in [-0.15, -0.1) is 0 Å². The highest BCUT2D eigenvalue weighted by Gasteiger charge is 2.10. The Bertz CT molecular complexity index is 1020. The molecule has 6 nitrogen and oxygen atoms in total.